The molecule has 2 heterocycles. The van der Waals surface area contributed by atoms with Gasteiger partial charge < -0.3 is 5.73 Å². The summed E-state index contributed by atoms with van der Waals surface area (Å²) in [5, 5.41) is 4.34. The van der Waals surface area contributed by atoms with Gasteiger partial charge in [0, 0.05) is 0 Å². The Morgan fingerprint density at radius 2 is 2.05 bits per heavy atom. The van der Waals surface area contributed by atoms with Crippen LogP contribution in [0.3, 0.4) is 0 Å². The van der Waals surface area contributed by atoms with Gasteiger partial charge in [-0.3, -0.25) is 4.57 Å². The number of halogens is 1. The average Bonchev–Trinajstić information content (AvgIpc) is 2.91. The minimum Gasteiger partial charge on any atom is -0.321 e. The second-order valence-corrected chi connectivity index (χ2v) is 5.47. The van der Waals surface area contributed by atoms with E-state index in [-0.39, 0.29) is 11.7 Å². The van der Waals surface area contributed by atoms with Gasteiger partial charge in [0.15, 0.2) is 5.65 Å². The van der Waals surface area contributed by atoms with Crippen LogP contribution in [0.5, 0.6) is 0 Å². The number of nitrogens with zero attached hydrogens (tertiary/aromatic N) is 4. The third kappa shape index (κ3) is 2.51. The molecule has 2 aromatic heterocycles. The van der Waals surface area contributed by atoms with E-state index in [2.05, 4.69) is 10.1 Å². The van der Waals surface area contributed by atoms with Gasteiger partial charge in [0.25, 0.3) is 0 Å². The Labute approximate surface area is 132 Å². The fourth-order valence-corrected chi connectivity index (χ4v) is 2.49. The van der Waals surface area contributed by atoms with Crippen molar-refractivity contribution in [2.45, 2.75) is 25.9 Å². The smallest absolute Gasteiger partial charge is 0.321 e. The Balaban J connectivity index is 2.22. The van der Waals surface area contributed by atoms with Crippen LogP contribution in [0.2, 0.25) is 5.02 Å². The van der Waals surface area contributed by atoms with E-state index in [1.54, 1.807) is 4.57 Å². The standard InChI is InChI=1S/C15H16ClN5O/c1-2-12(17)14-19-13-11(16)8-18-21(13)15(22)20(14)9-10-6-4-3-5-7-10/h3-8,12H,2,9,17H2,1H3. The molecule has 0 amide bonds. The number of fused-ring (bicyclic) bond motifs is 1. The Morgan fingerprint density at radius 1 is 1.32 bits per heavy atom. The first kappa shape index (κ1) is 14.7. The molecule has 0 aliphatic rings. The summed E-state index contributed by atoms with van der Waals surface area (Å²) in [6.45, 7) is 2.34. The van der Waals surface area contributed by atoms with Crippen LogP contribution in [-0.2, 0) is 6.54 Å². The second kappa shape index (κ2) is 5.90. The summed E-state index contributed by atoms with van der Waals surface area (Å²) in [6, 6.07) is 9.35. The normalized spacial score (nSPS) is 12.7. The highest BCUT2D eigenvalue weighted by Gasteiger charge is 2.18. The molecule has 3 aromatic rings. The lowest BCUT2D eigenvalue weighted by Crippen LogP contribution is -2.34. The van der Waals surface area contributed by atoms with Crippen LogP contribution in [0.15, 0.2) is 41.3 Å². The maximum absolute atomic E-state index is 12.7. The molecule has 0 spiro atoms. The van der Waals surface area contributed by atoms with Gasteiger partial charge >= 0.3 is 5.69 Å². The molecule has 0 saturated heterocycles. The van der Waals surface area contributed by atoms with Gasteiger partial charge in [0.2, 0.25) is 0 Å². The molecule has 0 aliphatic heterocycles. The molecule has 0 radical (unpaired) electrons. The summed E-state index contributed by atoms with van der Waals surface area (Å²) in [5.74, 6) is 0.520. The molecule has 1 atom stereocenters. The number of nitrogens with two attached hydrogens (primary N) is 1. The highest BCUT2D eigenvalue weighted by atomic mass is 35.5. The minimum atomic E-state index is -0.340. The van der Waals surface area contributed by atoms with E-state index in [4.69, 9.17) is 17.3 Å². The van der Waals surface area contributed by atoms with E-state index in [0.29, 0.717) is 29.5 Å². The van der Waals surface area contributed by atoms with E-state index in [1.165, 1.54) is 10.7 Å². The molecular formula is C15H16ClN5O. The molecular weight excluding hydrogens is 302 g/mol. The van der Waals surface area contributed by atoms with Crippen LogP contribution in [0, 0.1) is 0 Å². The first-order chi connectivity index (χ1) is 10.6. The summed E-state index contributed by atoms with van der Waals surface area (Å²) in [5.41, 5.74) is 7.18. The van der Waals surface area contributed by atoms with Crippen molar-refractivity contribution in [2.24, 2.45) is 5.73 Å². The molecule has 114 valence electrons. The van der Waals surface area contributed by atoms with Crippen molar-refractivity contribution < 1.29 is 0 Å². The van der Waals surface area contributed by atoms with Gasteiger partial charge in [0.1, 0.15) is 10.8 Å². The molecule has 6 nitrogen and oxygen atoms in total. The van der Waals surface area contributed by atoms with Crippen molar-refractivity contribution >= 4 is 17.2 Å². The Hall–Kier alpha value is -2.18. The lowest BCUT2D eigenvalue weighted by atomic mass is 10.2. The molecule has 0 aliphatic carbocycles. The highest BCUT2D eigenvalue weighted by Crippen LogP contribution is 2.17. The fraction of sp³-hybridized carbons (Fsp3) is 0.267. The molecule has 1 aromatic carbocycles. The van der Waals surface area contributed by atoms with Gasteiger partial charge in [-0.05, 0) is 12.0 Å². The van der Waals surface area contributed by atoms with Gasteiger partial charge in [-0.1, -0.05) is 48.9 Å². The van der Waals surface area contributed by atoms with Crippen LogP contribution >= 0.6 is 11.6 Å². The van der Waals surface area contributed by atoms with Crippen molar-refractivity contribution in [3.8, 4) is 0 Å². The minimum absolute atomic E-state index is 0.292. The molecule has 0 fully saturated rings. The highest BCUT2D eigenvalue weighted by molar-refractivity contribution is 6.33. The van der Waals surface area contributed by atoms with E-state index in [1.807, 2.05) is 37.3 Å². The van der Waals surface area contributed by atoms with Crippen molar-refractivity contribution in [3.63, 3.8) is 0 Å². The number of rotatable bonds is 4. The maximum atomic E-state index is 12.7. The Bertz CT molecular complexity index is 855. The summed E-state index contributed by atoms with van der Waals surface area (Å²) < 4.78 is 2.76. The lowest BCUT2D eigenvalue weighted by Gasteiger charge is -2.16. The van der Waals surface area contributed by atoms with Crippen LogP contribution in [0.25, 0.3) is 5.65 Å². The largest absolute Gasteiger partial charge is 0.352 e. The summed E-state index contributed by atoms with van der Waals surface area (Å²) >= 11 is 6.04. The zero-order valence-electron chi connectivity index (χ0n) is 12.1. The molecule has 0 bridgehead atoms. The average molecular weight is 318 g/mol. The predicted octanol–water partition coefficient (Wildman–Crippen LogP) is 2.00. The number of hydrogen-bond donors (Lipinski definition) is 1. The van der Waals surface area contributed by atoms with E-state index in [9.17, 15) is 4.79 Å². The quantitative estimate of drug-likeness (QED) is 0.798. The number of benzene rings is 1. The van der Waals surface area contributed by atoms with Gasteiger partial charge in [0.05, 0.1) is 18.8 Å². The monoisotopic (exact) mass is 317 g/mol. The fourth-order valence-electron chi connectivity index (χ4n) is 2.32. The Morgan fingerprint density at radius 3 is 2.73 bits per heavy atom. The van der Waals surface area contributed by atoms with Crippen LogP contribution in [-0.4, -0.2) is 19.2 Å². The summed E-state index contributed by atoms with van der Waals surface area (Å²) in [6.07, 6.45) is 2.09. The lowest BCUT2D eigenvalue weighted by molar-refractivity contribution is 0.546. The van der Waals surface area contributed by atoms with E-state index >= 15 is 0 Å². The van der Waals surface area contributed by atoms with Gasteiger partial charge in [-0.2, -0.15) is 9.61 Å². The van der Waals surface area contributed by atoms with Crippen LogP contribution in [0.4, 0.5) is 0 Å². The molecule has 3 rings (SSSR count). The first-order valence-corrected chi connectivity index (χ1v) is 7.43. The predicted molar refractivity (Wildman–Crippen MR) is 85.0 cm³/mol. The van der Waals surface area contributed by atoms with Crippen molar-refractivity contribution in [3.05, 3.63) is 63.4 Å². The topological polar surface area (TPSA) is 78.2 Å². The van der Waals surface area contributed by atoms with Crippen molar-refractivity contribution in [1.29, 1.82) is 0 Å². The molecule has 0 saturated carbocycles. The molecule has 2 N–H and O–H groups in total. The third-order valence-corrected chi connectivity index (χ3v) is 3.83. The van der Waals surface area contributed by atoms with Crippen LogP contribution in [0.1, 0.15) is 30.8 Å². The van der Waals surface area contributed by atoms with Crippen molar-refractivity contribution in [1.82, 2.24) is 19.2 Å². The zero-order chi connectivity index (χ0) is 15.7. The zero-order valence-corrected chi connectivity index (χ0v) is 12.9. The molecule has 1 unspecified atom stereocenters. The third-order valence-electron chi connectivity index (χ3n) is 3.56. The van der Waals surface area contributed by atoms with E-state index in [0.717, 1.165) is 5.56 Å². The molecule has 22 heavy (non-hydrogen) atoms. The van der Waals surface area contributed by atoms with Gasteiger partial charge in [-0.25, -0.2) is 9.78 Å². The first-order valence-electron chi connectivity index (χ1n) is 7.05. The summed E-state index contributed by atoms with van der Waals surface area (Å²) in [4.78, 5) is 17.2. The van der Waals surface area contributed by atoms with Crippen molar-refractivity contribution in [2.75, 3.05) is 0 Å². The maximum Gasteiger partial charge on any atom is 0.352 e. The molecule has 7 heteroatoms. The number of hydrogen-bond acceptors (Lipinski definition) is 4. The van der Waals surface area contributed by atoms with Gasteiger partial charge in [-0.15, -0.1) is 0 Å². The second-order valence-electron chi connectivity index (χ2n) is 5.07. The van der Waals surface area contributed by atoms with Crippen LogP contribution < -0.4 is 11.4 Å². The number of aromatic nitrogens is 4. The van der Waals surface area contributed by atoms with E-state index < -0.39 is 0 Å². The SMILES string of the molecule is CCC(N)c1nc2c(Cl)cnn2c(=O)n1Cc1ccccc1. The summed E-state index contributed by atoms with van der Waals surface area (Å²) in [7, 11) is 0. The Kier molecular flexibility index (Phi) is 3.96.